The van der Waals surface area contributed by atoms with Gasteiger partial charge in [-0.15, -0.1) is 0 Å². The van der Waals surface area contributed by atoms with Gasteiger partial charge in [0.2, 0.25) is 0 Å². The largest absolute Gasteiger partial charge is 0.463 e. The lowest BCUT2D eigenvalue weighted by Crippen LogP contribution is -2.31. The molecule has 0 saturated carbocycles. The first-order valence-corrected chi connectivity index (χ1v) is 10.8. The van der Waals surface area contributed by atoms with E-state index in [1.165, 1.54) is 11.1 Å². The molecule has 0 saturated heterocycles. The minimum absolute atomic E-state index is 0.250. The molecule has 0 bridgehead atoms. The van der Waals surface area contributed by atoms with Gasteiger partial charge in [0.1, 0.15) is 0 Å². The Labute approximate surface area is 188 Å². The number of fused-ring (bicyclic) bond motifs is 1. The van der Waals surface area contributed by atoms with Crippen LogP contribution in [-0.2, 0) is 26.1 Å². The maximum atomic E-state index is 12.8. The topological polar surface area (TPSA) is 52.6 Å². The smallest absolute Gasteiger partial charge is 0.344 e. The van der Waals surface area contributed by atoms with Crippen molar-refractivity contribution < 1.29 is 19.1 Å². The summed E-state index contributed by atoms with van der Waals surface area (Å²) in [5, 5.41) is 0. The summed E-state index contributed by atoms with van der Waals surface area (Å²) in [5.41, 5.74) is 5.58. The normalized spacial score (nSPS) is 13.8. The van der Waals surface area contributed by atoms with Crippen molar-refractivity contribution in [2.75, 3.05) is 13.2 Å². The van der Waals surface area contributed by atoms with Crippen molar-refractivity contribution in [3.8, 4) is 0 Å². The van der Waals surface area contributed by atoms with Crippen LogP contribution in [0.25, 0.3) is 6.08 Å². The van der Waals surface area contributed by atoms with Gasteiger partial charge in [0, 0.05) is 5.41 Å². The highest BCUT2D eigenvalue weighted by atomic mass is 16.6. The van der Waals surface area contributed by atoms with E-state index in [0.29, 0.717) is 5.56 Å². The van der Waals surface area contributed by atoms with Gasteiger partial charge >= 0.3 is 11.9 Å². The van der Waals surface area contributed by atoms with Crippen LogP contribution < -0.4 is 0 Å². The molecule has 1 aliphatic carbocycles. The van der Waals surface area contributed by atoms with Crippen LogP contribution in [0.5, 0.6) is 0 Å². The van der Waals surface area contributed by atoms with Crippen molar-refractivity contribution >= 4 is 18.0 Å². The lowest BCUT2D eigenvalue weighted by molar-refractivity contribution is -0.146. The third kappa shape index (κ3) is 4.09. The van der Waals surface area contributed by atoms with Crippen LogP contribution in [0, 0.1) is 6.92 Å². The summed E-state index contributed by atoms with van der Waals surface area (Å²) in [5.74, 6) is -1.07. The zero-order valence-corrected chi connectivity index (χ0v) is 18.3. The minimum Gasteiger partial charge on any atom is -0.463 e. The Kier molecular flexibility index (Phi) is 6.22. The highest BCUT2D eigenvalue weighted by Crippen LogP contribution is 2.43. The molecule has 0 unspecified atom stereocenters. The number of benzene rings is 3. The minimum atomic E-state index is -0.551. The van der Waals surface area contributed by atoms with Crippen LogP contribution in [0.3, 0.4) is 0 Å². The fourth-order valence-electron chi connectivity index (χ4n) is 4.38. The molecule has 0 spiro atoms. The molecule has 0 aliphatic heterocycles. The van der Waals surface area contributed by atoms with Gasteiger partial charge in [0.25, 0.3) is 0 Å². The Morgan fingerprint density at radius 1 is 0.875 bits per heavy atom. The number of esters is 2. The molecule has 0 heterocycles. The lowest BCUT2D eigenvalue weighted by Gasteiger charge is -2.36. The van der Waals surface area contributed by atoms with Crippen LogP contribution in [-0.4, -0.2) is 25.2 Å². The van der Waals surface area contributed by atoms with E-state index < -0.39 is 18.5 Å². The molecule has 1 aliphatic rings. The van der Waals surface area contributed by atoms with Crippen LogP contribution in [0.4, 0.5) is 0 Å². The van der Waals surface area contributed by atoms with Crippen LogP contribution in [0.1, 0.15) is 45.1 Å². The van der Waals surface area contributed by atoms with Crippen molar-refractivity contribution in [1.29, 1.82) is 0 Å². The first-order chi connectivity index (χ1) is 15.5. The SMILES string of the molecule is CCOC(=O)COC(=O)c1ccc(C)c2c1C=CC(c1ccccc1)(c1ccccc1)C2. The molecule has 162 valence electrons. The molecule has 0 fully saturated rings. The number of ether oxygens (including phenoxy) is 2. The van der Waals surface area contributed by atoms with Crippen LogP contribution in [0.15, 0.2) is 78.9 Å². The van der Waals surface area contributed by atoms with E-state index in [1.54, 1.807) is 13.0 Å². The second-order valence-corrected chi connectivity index (χ2v) is 7.92. The molecule has 0 aromatic heterocycles. The molecular weight excluding hydrogens is 400 g/mol. The van der Waals surface area contributed by atoms with Crippen molar-refractivity contribution in [2.24, 2.45) is 0 Å². The second-order valence-electron chi connectivity index (χ2n) is 7.92. The van der Waals surface area contributed by atoms with Gasteiger partial charge in [-0.2, -0.15) is 0 Å². The Bertz CT molecular complexity index is 1110. The number of hydrogen-bond donors (Lipinski definition) is 0. The summed E-state index contributed by atoms with van der Waals surface area (Å²) in [6.45, 7) is 3.64. The van der Waals surface area contributed by atoms with E-state index in [2.05, 4.69) is 61.5 Å². The first kappa shape index (κ1) is 21.6. The van der Waals surface area contributed by atoms with E-state index in [4.69, 9.17) is 9.47 Å². The molecule has 0 atom stereocenters. The van der Waals surface area contributed by atoms with E-state index in [1.807, 2.05) is 24.3 Å². The summed E-state index contributed by atoms with van der Waals surface area (Å²) in [7, 11) is 0. The fraction of sp³-hybridized carbons (Fsp3) is 0.214. The van der Waals surface area contributed by atoms with Gasteiger partial charge in [-0.25, -0.2) is 9.59 Å². The first-order valence-electron chi connectivity index (χ1n) is 10.8. The summed E-state index contributed by atoms with van der Waals surface area (Å²) >= 11 is 0. The zero-order valence-electron chi connectivity index (χ0n) is 18.3. The summed E-state index contributed by atoms with van der Waals surface area (Å²) in [6, 6.07) is 24.6. The third-order valence-corrected chi connectivity index (χ3v) is 6.01. The van der Waals surface area contributed by atoms with E-state index in [0.717, 1.165) is 23.1 Å². The van der Waals surface area contributed by atoms with Crippen molar-refractivity contribution in [3.63, 3.8) is 0 Å². The van der Waals surface area contributed by atoms with E-state index in [-0.39, 0.29) is 12.0 Å². The number of rotatable bonds is 6. The number of carbonyl (C=O) groups excluding carboxylic acids is 2. The van der Waals surface area contributed by atoms with Gasteiger partial charge in [-0.05, 0) is 54.2 Å². The molecule has 0 radical (unpaired) electrons. The quantitative estimate of drug-likeness (QED) is 0.504. The molecule has 4 nitrogen and oxygen atoms in total. The Morgan fingerprint density at radius 3 is 2.09 bits per heavy atom. The molecule has 32 heavy (non-hydrogen) atoms. The van der Waals surface area contributed by atoms with Gasteiger partial charge in [0.05, 0.1) is 12.2 Å². The predicted octanol–water partition coefficient (Wildman–Crippen LogP) is 5.27. The molecule has 0 N–H and O–H groups in total. The Balaban J connectivity index is 1.75. The van der Waals surface area contributed by atoms with Gasteiger partial charge < -0.3 is 9.47 Å². The standard InChI is InChI=1S/C28H26O4/c1-3-31-26(29)19-32-27(30)24-15-14-20(2)25-18-28(17-16-23(24)25,21-10-6-4-7-11-21)22-12-8-5-9-13-22/h4-17H,3,18-19H2,1-2H3. The number of hydrogen-bond acceptors (Lipinski definition) is 4. The average molecular weight is 427 g/mol. The van der Waals surface area contributed by atoms with E-state index in [9.17, 15) is 9.59 Å². The molecule has 3 aromatic rings. The Morgan fingerprint density at radius 2 is 1.50 bits per heavy atom. The Hall–Kier alpha value is -3.66. The van der Waals surface area contributed by atoms with Gasteiger partial charge in [-0.3, -0.25) is 0 Å². The third-order valence-electron chi connectivity index (χ3n) is 6.01. The maximum absolute atomic E-state index is 12.8. The molecule has 4 rings (SSSR count). The zero-order chi connectivity index (χ0) is 22.6. The average Bonchev–Trinajstić information content (AvgIpc) is 2.84. The van der Waals surface area contributed by atoms with Gasteiger partial charge in [0.15, 0.2) is 6.61 Å². The number of aryl methyl sites for hydroxylation is 1. The van der Waals surface area contributed by atoms with Crippen LogP contribution >= 0.6 is 0 Å². The van der Waals surface area contributed by atoms with E-state index >= 15 is 0 Å². The molecule has 0 amide bonds. The van der Waals surface area contributed by atoms with Crippen molar-refractivity contribution in [1.82, 2.24) is 0 Å². The summed E-state index contributed by atoms with van der Waals surface area (Å²) in [4.78, 5) is 24.4. The second kappa shape index (κ2) is 9.23. The molecule has 4 heteroatoms. The molecule has 3 aromatic carbocycles. The predicted molar refractivity (Wildman–Crippen MR) is 124 cm³/mol. The maximum Gasteiger partial charge on any atom is 0.344 e. The number of allylic oxidation sites excluding steroid dienone is 1. The molecular formula is C28H26O4. The fourth-order valence-corrected chi connectivity index (χ4v) is 4.38. The monoisotopic (exact) mass is 426 g/mol. The van der Waals surface area contributed by atoms with Crippen molar-refractivity contribution in [3.05, 3.63) is 112 Å². The highest BCUT2D eigenvalue weighted by molar-refractivity contribution is 5.96. The lowest BCUT2D eigenvalue weighted by atomic mass is 9.66. The van der Waals surface area contributed by atoms with Crippen molar-refractivity contribution in [2.45, 2.75) is 25.7 Å². The summed E-state index contributed by atoms with van der Waals surface area (Å²) < 4.78 is 10.1. The van der Waals surface area contributed by atoms with Gasteiger partial charge in [-0.1, -0.05) is 78.9 Å². The number of carbonyl (C=O) groups is 2. The van der Waals surface area contributed by atoms with Crippen LogP contribution in [0.2, 0.25) is 0 Å². The highest BCUT2D eigenvalue weighted by Gasteiger charge is 2.36. The summed E-state index contributed by atoms with van der Waals surface area (Å²) in [6.07, 6.45) is 4.92.